The van der Waals surface area contributed by atoms with Gasteiger partial charge in [-0.25, -0.2) is 4.39 Å². The molecule has 0 aliphatic carbocycles. The molecule has 0 spiro atoms. The van der Waals surface area contributed by atoms with Crippen molar-refractivity contribution in [3.8, 4) is 0 Å². The lowest BCUT2D eigenvalue weighted by molar-refractivity contribution is -0.155. The summed E-state index contributed by atoms with van der Waals surface area (Å²) >= 11 is 0. The average molecular weight is 343 g/mol. The Kier molecular flexibility index (Phi) is 6.69. The number of hydrogen-bond donors (Lipinski definition) is 1. The summed E-state index contributed by atoms with van der Waals surface area (Å²) in [7, 11) is 0. The summed E-state index contributed by atoms with van der Waals surface area (Å²) in [6.45, 7) is 4.03. The van der Waals surface area contributed by atoms with Crippen molar-refractivity contribution in [1.82, 2.24) is 0 Å². The number of nitrogens with one attached hydrogen (secondary N) is 1. The third kappa shape index (κ3) is 6.03. The Morgan fingerprint density at radius 1 is 1.04 bits per heavy atom. The largest absolute Gasteiger partial charge is 0.447 e. The molecule has 132 valence electrons. The van der Waals surface area contributed by atoms with Gasteiger partial charge in [0.15, 0.2) is 0 Å². The normalized spacial score (nSPS) is 11.8. The summed E-state index contributed by atoms with van der Waals surface area (Å²) in [4.78, 5) is 24.7. The van der Waals surface area contributed by atoms with Crippen LogP contribution >= 0.6 is 0 Å². The number of anilines is 1. The second-order valence-corrected chi connectivity index (χ2v) is 6.21. The van der Waals surface area contributed by atoms with E-state index in [0.29, 0.717) is 23.6 Å². The van der Waals surface area contributed by atoms with Crippen molar-refractivity contribution < 1.29 is 18.7 Å². The van der Waals surface area contributed by atoms with Gasteiger partial charge in [-0.1, -0.05) is 44.2 Å². The molecule has 2 aromatic rings. The minimum Gasteiger partial charge on any atom is -0.447 e. The Balaban J connectivity index is 2.12. The van der Waals surface area contributed by atoms with Crippen LogP contribution in [0.4, 0.5) is 10.1 Å². The van der Waals surface area contributed by atoms with Crippen molar-refractivity contribution >= 4 is 17.6 Å². The van der Waals surface area contributed by atoms with E-state index in [9.17, 15) is 14.0 Å². The molecule has 0 aliphatic rings. The van der Waals surface area contributed by atoms with Gasteiger partial charge in [-0.15, -0.1) is 0 Å². The van der Waals surface area contributed by atoms with Crippen LogP contribution in [0.3, 0.4) is 0 Å². The number of carbonyl (C=O) groups is 2. The van der Waals surface area contributed by atoms with E-state index in [-0.39, 0.29) is 6.42 Å². The molecule has 1 amide bonds. The number of benzene rings is 2. The maximum absolute atomic E-state index is 13.0. The molecule has 0 saturated carbocycles. The van der Waals surface area contributed by atoms with Gasteiger partial charge in [0.1, 0.15) is 5.82 Å². The number of ether oxygens (including phenoxy) is 1. The summed E-state index contributed by atoms with van der Waals surface area (Å²) in [6.07, 6.45) is -0.101. The highest BCUT2D eigenvalue weighted by atomic mass is 19.1. The van der Waals surface area contributed by atoms with Gasteiger partial charge >= 0.3 is 5.97 Å². The van der Waals surface area contributed by atoms with E-state index in [0.717, 1.165) is 0 Å². The number of halogens is 1. The zero-order valence-electron chi connectivity index (χ0n) is 14.4. The first-order chi connectivity index (χ1) is 12.0. The summed E-state index contributed by atoms with van der Waals surface area (Å²) < 4.78 is 18.4. The Hall–Kier alpha value is -2.69. The van der Waals surface area contributed by atoms with E-state index in [1.165, 1.54) is 24.3 Å². The third-order valence-corrected chi connectivity index (χ3v) is 3.63. The number of rotatable bonds is 7. The first-order valence-corrected chi connectivity index (χ1v) is 8.26. The summed E-state index contributed by atoms with van der Waals surface area (Å²) in [5.74, 6) is -0.916. The molecule has 4 nitrogen and oxygen atoms in total. The van der Waals surface area contributed by atoms with Crippen molar-refractivity contribution in [2.45, 2.75) is 32.8 Å². The maximum Gasteiger partial charge on any atom is 0.306 e. The Bertz CT molecular complexity index is 699. The monoisotopic (exact) mass is 343 g/mol. The minimum absolute atomic E-state index is 0.255. The molecule has 0 saturated heterocycles. The van der Waals surface area contributed by atoms with Gasteiger partial charge in [0.2, 0.25) is 6.10 Å². The van der Waals surface area contributed by atoms with Gasteiger partial charge in [0.25, 0.3) is 5.91 Å². The van der Waals surface area contributed by atoms with E-state index in [4.69, 9.17) is 4.74 Å². The van der Waals surface area contributed by atoms with Crippen LogP contribution in [0.25, 0.3) is 0 Å². The zero-order chi connectivity index (χ0) is 18.2. The first kappa shape index (κ1) is 18.6. The van der Waals surface area contributed by atoms with E-state index < -0.39 is 23.8 Å². The van der Waals surface area contributed by atoms with E-state index >= 15 is 0 Å². The van der Waals surface area contributed by atoms with Crippen molar-refractivity contribution in [3.05, 3.63) is 66.0 Å². The highest BCUT2D eigenvalue weighted by Gasteiger charge is 2.25. The van der Waals surface area contributed by atoms with Crippen LogP contribution in [0.15, 0.2) is 54.6 Å². The molecule has 0 heterocycles. The van der Waals surface area contributed by atoms with Crippen molar-refractivity contribution in [2.24, 2.45) is 5.92 Å². The quantitative estimate of drug-likeness (QED) is 0.754. The molecular formula is C20H22FNO3. The predicted octanol–water partition coefficient (Wildman–Crippen LogP) is 4.48. The SMILES string of the molecule is CC(C)CCC(=O)O[C@@H](C(=O)Nc1ccc(F)cc1)c1ccccc1. The van der Waals surface area contributed by atoms with Crippen molar-refractivity contribution in [1.29, 1.82) is 0 Å². The molecule has 0 aliphatic heterocycles. The molecule has 1 N–H and O–H groups in total. The summed E-state index contributed by atoms with van der Waals surface area (Å²) in [5, 5.41) is 2.66. The summed E-state index contributed by atoms with van der Waals surface area (Å²) in [5.41, 5.74) is 1.02. The average Bonchev–Trinajstić information content (AvgIpc) is 2.60. The van der Waals surface area contributed by atoms with Crippen LogP contribution in [0, 0.1) is 11.7 Å². The molecule has 0 bridgehead atoms. The lowest BCUT2D eigenvalue weighted by atomic mass is 10.1. The summed E-state index contributed by atoms with van der Waals surface area (Å²) in [6, 6.07) is 14.2. The molecule has 0 aromatic heterocycles. The lowest BCUT2D eigenvalue weighted by Crippen LogP contribution is -2.26. The number of amides is 1. The smallest absolute Gasteiger partial charge is 0.306 e. The van der Waals surface area contributed by atoms with Crippen LogP contribution in [-0.4, -0.2) is 11.9 Å². The molecule has 25 heavy (non-hydrogen) atoms. The molecule has 2 rings (SSSR count). The van der Waals surface area contributed by atoms with Crippen LogP contribution in [0.1, 0.15) is 38.4 Å². The van der Waals surface area contributed by atoms with E-state index in [1.807, 2.05) is 19.9 Å². The highest BCUT2D eigenvalue weighted by Crippen LogP contribution is 2.21. The third-order valence-electron chi connectivity index (χ3n) is 3.63. The van der Waals surface area contributed by atoms with Crippen LogP contribution in [0.5, 0.6) is 0 Å². The van der Waals surface area contributed by atoms with Crippen molar-refractivity contribution in [3.63, 3.8) is 0 Å². The second-order valence-electron chi connectivity index (χ2n) is 6.21. The topological polar surface area (TPSA) is 55.4 Å². The number of esters is 1. The maximum atomic E-state index is 13.0. The van der Waals surface area contributed by atoms with Gasteiger partial charge in [-0.05, 0) is 36.6 Å². The Morgan fingerprint density at radius 3 is 2.28 bits per heavy atom. The van der Waals surface area contributed by atoms with E-state index in [1.54, 1.807) is 24.3 Å². The van der Waals surface area contributed by atoms with Crippen LogP contribution in [0.2, 0.25) is 0 Å². The van der Waals surface area contributed by atoms with Gasteiger partial charge in [0.05, 0.1) is 0 Å². The highest BCUT2D eigenvalue weighted by molar-refractivity contribution is 5.96. The van der Waals surface area contributed by atoms with Crippen LogP contribution in [-0.2, 0) is 14.3 Å². The van der Waals surface area contributed by atoms with E-state index in [2.05, 4.69) is 5.32 Å². The Labute approximate surface area is 147 Å². The zero-order valence-corrected chi connectivity index (χ0v) is 14.4. The Morgan fingerprint density at radius 2 is 1.68 bits per heavy atom. The molecule has 0 fully saturated rings. The molecule has 0 unspecified atom stereocenters. The van der Waals surface area contributed by atoms with Crippen LogP contribution < -0.4 is 5.32 Å². The first-order valence-electron chi connectivity index (χ1n) is 8.26. The molecular weight excluding hydrogens is 321 g/mol. The standard InChI is InChI=1S/C20H22FNO3/c1-14(2)8-13-18(23)25-19(15-6-4-3-5-7-15)20(24)22-17-11-9-16(21)10-12-17/h3-7,9-12,14,19H,8,13H2,1-2H3,(H,22,24)/t19-/m1/s1. The molecule has 5 heteroatoms. The number of carbonyl (C=O) groups excluding carboxylic acids is 2. The second kappa shape index (κ2) is 8.97. The van der Waals surface area contributed by atoms with Crippen molar-refractivity contribution in [2.75, 3.05) is 5.32 Å². The fourth-order valence-corrected chi connectivity index (χ4v) is 2.24. The molecule has 0 radical (unpaired) electrons. The van der Waals surface area contributed by atoms with Gasteiger partial charge in [-0.2, -0.15) is 0 Å². The van der Waals surface area contributed by atoms with Gasteiger partial charge in [0, 0.05) is 17.7 Å². The van der Waals surface area contributed by atoms with Gasteiger partial charge in [-0.3, -0.25) is 9.59 Å². The minimum atomic E-state index is -1.05. The molecule has 2 aromatic carbocycles. The fourth-order valence-electron chi connectivity index (χ4n) is 2.24. The number of hydrogen-bond acceptors (Lipinski definition) is 3. The van der Waals surface area contributed by atoms with Gasteiger partial charge < -0.3 is 10.1 Å². The lowest BCUT2D eigenvalue weighted by Gasteiger charge is -2.18. The molecule has 1 atom stereocenters. The fraction of sp³-hybridized carbons (Fsp3) is 0.300. The predicted molar refractivity (Wildman–Crippen MR) is 94.4 cm³/mol.